The Kier molecular flexibility index (Phi) is 4.85. The van der Waals surface area contributed by atoms with Gasteiger partial charge in [0.05, 0.1) is 12.6 Å². The number of amides is 1. The third kappa shape index (κ3) is 3.48. The van der Waals surface area contributed by atoms with Gasteiger partial charge in [-0.1, -0.05) is 33.1 Å². The number of carbonyl (C=O) groups is 1. The van der Waals surface area contributed by atoms with E-state index in [0.717, 1.165) is 19.3 Å². The van der Waals surface area contributed by atoms with Gasteiger partial charge in [0.25, 0.3) is 0 Å². The number of rotatable bonds is 5. The largest absolute Gasteiger partial charge is 0.381 e. The smallest absolute Gasteiger partial charge is 0.234 e. The molecule has 0 saturated heterocycles. The molecule has 0 aliphatic heterocycles. The number of hydrogen-bond acceptors (Lipinski definition) is 3. The van der Waals surface area contributed by atoms with E-state index in [1.54, 1.807) is 7.11 Å². The summed E-state index contributed by atoms with van der Waals surface area (Å²) in [4.78, 5) is 11.9. The van der Waals surface area contributed by atoms with Crippen LogP contribution in [0.1, 0.15) is 52.4 Å². The van der Waals surface area contributed by atoms with Crippen molar-refractivity contribution in [1.82, 2.24) is 10.6 Å². The van der Waals surface area contributed by atoms with Crippen LogP contribution in [-0.4, -0.2) is 37.7 Å². The first kappa shape index (κ1) is 14.8. The van der Waals surface area contributed by atoms with Crippen molar-refractivity contribution < 1.29 is 9.53 Å². The van der Waals surface area contributed by atoms with Gasteiger partial charge in [-0.3, -0.25) is 4.79 Å². The minimum Gasteiger partial charge on any atom is -0.381 e. The van der Waals surface area contributed by atoms with Gasteiger partial charge in [-0.15, -0.1) is 0 Å². The van der Waals surface area contributed by atoms with Crippen molar-refractivity contribution in [3.8, 4) is 0 Å². The van der Waals surface area contributed by atoms with Crippen molar-refractivity contribution in [2.24, 2.45) is 5.41 Å². The average molecular weight is 268 g/mol. The molecule has 0 aromatic rings. The zero-order valence-corrected chi connectivity index (χ0v) is 12.5. The van der Waals surface area contributed by atoms with Crippen molar-refractivity contribution in [2.75, 3.05) is 13.7 Å². The standard InChI is InChI=1S/C15H28N2O2/c1-15(2)12(9-13(15)19-3)16-10-14(18)17-11-7-5-4-6-8-11/h11-13,16H,4-10H2,1-3H3,(H,17,18). The lowest BCUT2D eigenvalue weighted by atomic mass is 9.64. The van der Waals surface area contributed by atoms with Gasteiger partial charge in [-0.25, -0.2) is 0 Å². The molecule has 19 heavy (non-hydrogen) atoms. The zero-order chi connectivity index (χ0) is 13.9. The minimum absolute atomic E-state index is 0.125. The highest BCUT2D eigenvalue weighted by Gasteiger charge is 2.48. The van der Waals surface area contributed by atoms with Crippen LogP contribution < -0.4 is 10.6 Å². The fraction of sp³-hybridized carbons (Fsp3) is 0.933. The van der Waals surface area contributed by atoms with Crippen molar-refractivity contribution in [3.63, 3.8) is 0 Å². The Morgan fingerprint density at radius 1 is 1.26 bits per heavy atom. The molecule has 2 N–H and O–H groups in total. The van der Waals surface area contributed by atoms with E-state index in [0.29, 0.717) is 24.7 Å². The molecule has 2 unspecified atom stereocenters. The number of nitrogens with one attached hydrogen (secondary N) is 2. The summed E-state index contributed by atoms with van der Waals surface area (Å²) in [5, 5.41) is 6.51. The number of ether oxygens (including phenoxy) is 1. The molecule has 1 amide bonds. The summed E-state index contributed by atoms with van der Waals surface area (Å²) in [6, 6.07) is 0.790. The molecule has 2 atom stereocenters. The summed E-state index contributed by atoms with van der Waals surface area (Å²) in [5.41, 5.74) is 0.125. The summed E-state index contributed by atoms with van der Waals surface area (Å²) < 4.78 is 5.42. The van der Waals surface area contributed by atoms with Crippen molar-refractivity contribution >= 4 is 5.91 Å². The molecule has 2 saturated carbocycles. The Morgan fingerprint density at radius 3 is 2.53 bits per heavy atom. The zero-order valence-electron chi connectivity index (χ0n) is 12.5. The van der Waals surface area contributed by atoms with Gasteiger partial charge in [0, 0.05) is 24.6 Å². The van der Waals surface area contributed by atoms with Gasteiger partial charge in [-0.2, -0.15) is 0 Å². The molecule has 2 aliphatic rings. The SMILES string of the molecule is COC1CC(NCC(=O)NC2CCCCC2)C1(C)C. The van der Waals surface area contributed by atoms with Crippen molar-refractivity contribution in [2.45, 2.75) is 70.6 Å². The van der Waals surface area contributed by atoms with E-state index in [2.05, 4.69) is 24.5 Å². The Hall–Kier alpha value is -0.610. The normalized spacial score (nSPS) is 30.7. The second kappa shape index (κ2) is 6.23. The molecule has 0 aromatic carbocycles. The fourth-order valence-corrected chi connectivity index (χ4v) is 3.37. The highest BCUT2D eigenvalue weighted by atomic mass is 16.5. The molecule has 4 nitrogen and oxygen atoms in total. The summed E-state index contributed by atoms with van der Waals surface area (Å²) in [6.45, 7) is 4.82. The predicted molar refractivity (Wildman–Crippen MR) is 76.0 cm³/mol. The molecule has 2 aliphatic carbocycles. The maximum absolute atomic E-state index is 11.9. The van der Waals surface area contributed by atoms with E-state index in [9.17, 15) is 4.79 Å². The topological polar surface area (TPSA) is 50.4 Å². The highest BCUT2D eigenvalue weighted by Crippen LogP contribution is 2.42. The van der Waals surface area contributed by atoms with Gasteiger partial charge in [0.1, 0.15) is 0 Å². The first-order valence-corrected chi connectivity index (χ1v) is 7.59. The van der Waals surface area contributed by atoms with E-state index in [1.807, 2.05) is 0 Å². The summed E-state index contributed by atoms with van der Waals surface area (Å²) in [5.74, 6) is 0.142. The van der Waals surface area contributed by atoms with Crippen LogP contribution in [0.4, 0.5) is 0 Å². The molecular formula is C15H28N2O2. The van der Waals surface area contributed by atoms with Crippen LogP contribution in [0.3, 0.4) is 0 Å². The molecule has 0 bridgehead atoms. The molecule has 0 aromatic heterocycles. The Balaban J connectivity index is 1.67. The monoisotopic (exact) mass is 268 g/mol. The number of carbonyl (C=O) groups excluding carboxylic acids is 1. The van der Waals surface area contributed by atoms with Crippen LogP contribution in [0.25, 0.3) is 0 Å². The molecule has 0 radical (unpaired) electrons. The third-order valence-electron chi connectivity index (χ3n) is 4.94. The molecule has 110 valence electrons. The van der Waals surface area contributed by atoms with Crippen molar-refractivity contribution in [1.29, 1.82) is 0 Å². The lowest BCUT2D eigenvalue weighted by molar-refractivity contribution is -0.124. The summed E-state index contributed by atoms with van der Waals surface area (Å²) in [6.07, 6.45) is 7.43. The van der Waals surface area contributed by atoms with E-state index < -0.39 is 0 Å². The van der Waals surface area contributed by atoms with Crippen LogP contribution in [0.5, 0.6) is 0 Å². The van der Waals surface area contributed by atoms with E-state index in [4.69, 9.17) is 4.74 Å². The first-order chi connectivity index (χ1) is 9.04. The van der Waals surface area contributed by atoms with Crippen LogP contribution in [-0.2, 0) is 9.53 Å². The van der Waals surface area contributed by atoms with E-state index in [1.165, 1.54) is 19.3 Å². The molecular weight excluding hydrogens is 240 g/mol. The van der Waals surface area contributed by atoms with Crippen LogP contribution in [0.15, 0.2) is 0 Å². The van der Waals surface area contributed by atoms with Gasteiger partial charge in [0.2, 0.25) is 5.91 Å². The van der Waals surface area contributed by atoms with Crippen molar-refractivity contribution in [3.05, 3.63) is 0 Å². The Morgan fingerprint density at radius 2 is 1.95 bits per heavy atom. The molecule has 0 heterocycles. The third-order valence-corrected chi connectivity index (χ3v) is 4.94. The van der Waals surface area contributed by atoms with E-state index in [-0.39, 0.29) is 11.3 Å². The van der Waals surface area contributed by atoms with E-state index >= 15 is 0 Å². The second-order valence-electron chi connectivity index (χ2n) is 6.62. The predicted octanol–water partition coefficient (Wildman–Crippen LogP) is 1.84. The maximum atomic E-state index is 11.9. The molecule has 2 fully saturated rings. The highest BCUT2D eigenvalue weighted by molar-refractivity contribution is 5.78. The second-order valence-corrected chi connectivity index (χ2v) is 6.62. The first-order valence-electron chi connectivity index (χ1n) is 7.59. The molecule has 2 rings (SSSR count). The number of methoxy groups -OCH3 is 1. The van der Waals surface area contributed by atoms with Gasteiger partial charge < -0.3 is 15.4 Å². The van der Waals surface area contributed by atoms with Crippen LogP contribution in [0.2, 0.25) is 0 Å². The Labute approximate surface area is 116 Å². The summed E-state index contributed by atoms with van der Waals surface area (Å²) >= 11 is 0. The quantitative estimate of drug-likeness (QED) is 0.800. The minimum atomic E-state index is 0.125. The van der Waals surface area contributed by atoms with Gasteiger partial charge in [-0.05, 0) is 19.3 Å². The fourth-order valence-electron chi connectivity index (χ4n) is 3.37. The van der Waals surface area contributed by atoms with Gasteiger partial charge >= 0.3 is 0 Å². The lowest BCUT2D eigenvalue weighted by Crippen LogP contribution is -2.61. The molecule has 4 heteroatoms. The maximum Gasteiger partial charge on any atom is 0.234 e. The van der Waals surface area contributed by atoms with Crippen LogP contribution >= 0.6 is 0 Å². The number of hydrogen-bond donors (Lipinski definition) is 2. The summed E-state index contributed by atoms with van der Waals surface area (Å²) in [7, 11) is 1.76. The van der Waals surface area contributed by atoms with Crippen LogP contribution in [0, 0.1) is 5.41 Å². The average Bonchev–Trinajstić information content (AvgIpc) is 2.39. The Bertz CT molecular complexity index is 311. The van der Waals surface area contributed by atoms with Gasteiger partial charge in [0.15, 0.2) is 0 Å². The molecule has 0 spiro atoms. The lowest BCUT2D eigenvalue weighted by Gasteiger charge is -2.51.